The van der Waals surface area contributed by atoms with Gasteiger partial charge in [0.1, 0.15) is 12.1 Å². The van der Waals surface area contributed by atoms with Crippen LogP contribution < -0.4 is 11.1 Å². The fourth-order valence-corrected chi connectivity index (χ4v) is 5.35. The first-order chi connectivity index (χ1) is 20.5. The van der Waals surface area contributed by atoms with Crippen LogP contribution in [0.3, 0.4) is 0 Å². The highest BCUT2D eigenvalue weighted by Gasteiger charge is 2.34. The number of carbonyl (C=O) groups excluding carboxylic acids is 3. The van der Waals surface area contributed by atoms with E-state index in [1.807, 2.05) is 92.7 Å². The molecule has 0 saturated carbocycles. The summed E-state index contributed by atoms with van der Waals surface area (Å²) in [6.45, 7) is 3.78. The smallest absolute Gasteiger partial charge is 0.246 e. The Bertz CT molecular complexity index is 1630. The van der Waals surface area contributed by atoms with Gasteiger partial charge in [0.15, 0.2) is 0 Å². The highest BCUT2D eigenvalue weighted by Crippen LogP contribution is 2.23. The number of nitrogens with one attached hydrogen (secondary N) is 1. The van der Waals surface area contributed by atoms with Gasteiger partial charge in [0.25, 0.3) is 0 Å². The number of nitrogens with two attached hydrogens (primary N) is 1. The van der Waals surface area contributed by atoms with Crippen LogP contribution in [0.25, 0.3) is 21.5 Å². The van der Waals surface area contributed by atoms with Crippen molar-refractivity contribution in [3.8, 4) is 0 Å². The highest BCUT2D eigenvalue weighted by atomic mass is 16.2. The molecular formula is C36H42N4O3. The molecule has 0 heterocycles. The maximum atomic E-state index is 14.3. The Hall–Kier alpha value is -4.49. The number of nitrogens with zero attached hydrogens (tertiary/aromatic N) is 2. The van der Waals surface area contributed by atoms with Crippen molar-refractivity contribution < 1.29 is 14.4 Å². The Balaban J connectivity index is 1.67. The van der Waals surface area contributed by atoms with E-state index in [1.54, 1.807) is 27.2 Å². The van der Waals surface area contributed by atoms with E-state index in [2.05, 4.69) is 11.4 Å². The van der Waals surface area contributed by atoms with Crippen LogP contribution in [0.1, 0.15) is 31.4 Å². The molecule has 2 atom stereocenters. The molecule has 0 spiro atoms. The number of amides is 3. The van der Waals surface area contributed by atoms with Crippen molar-refractivity contribution >= 4 is 39.3 Å². The van der Waals surface area contributed by atoms with Gasteiger partial charge < -0.3 is 20.9 Å². The van der Waals surface area contributed by atoms with Crippen LogP contribution >= 0.6 is 0 Å². The molecule has 0 aliphatic rings. The molecule has 0 aromatic heterocycles. The lowest BCUT2D eigenvalue weighted by Gasteiger charge is -2.34. The number of hydrogen-bond donors (Lipinski definition) is 2. The molecule has 0 aliphatic carbocycles. The van der Waals surface area contributed by atoms with E-state index in [-0.39, 0.29) is 17.7 Å². The standard InChI is InChI=1S/C36H42N4O3/c1-36(2,37)21-11-18-33(41)39(4)32(24-29-16-10-15-27-13-8-9-17-30(27)29)35(43)40(5)31(34(42)38-3)23-25-19-20-26-12-6-7-14-28(26)22-25/h6-20,22,31-32H,21,23-24,37H2,1-5H3,(H,38,42)/b18-11+/t31-,32-/m1/s1. The fourth-order valence-electron chi connectivity index (χ4n) is 5.35. The van der Waals surface area contributed by atoms with E-state index in [1.165, 1.54) is 15.9 Å². The van der Waals surface area contributed by atoms with Crippen molar-refractivity contribution in [3.63, 3.8) is 0 Å². The molecule has 0 bridgehead atoms. The molecule has 3 amide bonds. The van der Waals surface area contributed by atoms with Crippen LogP contribution in [0.5, 0.6) is 0 Å². The van der Waals surface area contributed by atoms with E-state index in [9.17, 15) is 14.4 Å². The van der Waals surface area contributed by atoms with Gasteiger partial charge in [-0.25, -0.2) is 0 Å². The maximum Gasteiger partial charge on any atom is 0.246 e. The summed E-state index contributed by atoms with van der Waals surface area (Å²) in [4.78, 5) is 43.9. The van der Waals surface area contributed by atoms with Gasteiger partial charge in [0.05, 0.1) is 0 Å². The third kappa shape index (κ3) is 7.87. The summed E-state index contributed by atoms with van der Waals surface area (Å²) in [6.07, 6.45) is 4.35. The Morgan fingerprint density at radius 2 is 1.47 bits per heavy atom. The van der Waals surface area contributed by atoms with E-state index < -0.39 is 17.6 Å². The summed E-state index contributed by atoms with van der Waals surface area (Å²) in [6, 6.07) is 26.4. The average Bonchev–Trinajstić information content (AvgIpc) is 3.00. The number of carbonyl (C=O) groups is 3. The van der Waals surface area contributed by atoms with E-state index in [0.29, 0.717) is 19.3 Å². The van der Waals surface area contributed by atoms with Crippen molar-refractivity contribution in [2.24, 2.45) is 5.73 Å². The van der Waals surface area contributed by atoms with Gasteiger partial charge in [-0.1, -0.05) is 91.0 Å². The third-order valence-electron chi connectivity index (χ3n) is 7.90. The molecular weight excluding hydrogens is 536 g/mol. The van der Waals surface area contributed by atoms with Gasteiger partial charge in [0, 0.05) is 39.5 Å². The van der Waals surface area contributed by atoms with Crippen LogP contribution in [-0.2, 0) is 27.2 Å². The number of hydrogen-bond acceptors (Lipinski definition) is 4. The molecule has 0 saturated heterocycles. The minimum Gasteiger partial charge on any atom is -0.357 e. The fraction of sp³-hybridized carbons (Fsp3) is 0.306. The van der Waals surface area contributed by atoms with Crippen molar-refractivity contribution in [2.75, 3.05) is 21.1 Å². The molecule has 224 valence electrons. The zero-order valence-corrected chi connectivity index (χ0v) is 25.7. The maximum absolute atomic E-state index is 14.3. The first-order valence-electron chi connectivity index (χ1n) is 14.6. The van der Waals surface area contributed by atoms with Crippen molar-refractivity contribution in [1.29, 1.82) is 0 Å². The lowest BCUT2D eigenvalue weighted by Crippen LogP contribution is -2.55. The molecule has 0 aliphatic heterocycles. The molecule has 7 heteroatoms. The second-order valence-electron chi connectivity index (χ2n) is 11.9. The topological polar surface area (TPSA) is 95.7 Å². The summed E-state index contributed by atoms with van der Waals surface area (Å²) in [5.41, 5.74) is 7.52. The van der Waals surface area contributed by atoms with E-state index in [0.717, 1.165) is 32.7 Å². The number of benzene rings is 4. The molecule has 3 N–H and O–H groups in total. The van der Waals surface area contributed by atoms with Gasteiger partial charge in [-0.2, -0.15) is 0 Å². The Morgan fingerprint density at radius 3 is 2.16 bits per heavy atom. The lowest BCUT2D eigenvalue weighted by atomic mass is 9.96. The molecule has 4 aromatic rings. The van der Waals surface area contributed by atoms with Gasteiger partial charge in [0.2, 0.25) is 17.7 Å². The molecule has 4 aromatic carbocycles. The quantitative estimate of drug-likeness (QED) is 0.249. The highest BCUT2D eigenvalue weighted by molar-refractivity contribution is 5.96. The first kappa shape index (κ1) is 31.4. The van der Waals surface area contributed by atoms with Crippen LogP contribution in [0.15, 0.2) is 97.1 Å². The number of rotatable bonds is 11. The number of likely N-dealkylation sites (N-methyl/N-ethyl adjacent to an activating group) is 3. The predicted octanol–water partition coefficient (Wildman–Crippen LogP) is 4.86. The van der Waals surface area contributed by atoms with Gasteiger partial charge >= 0.3 is 0 Å². The van der Waals surface area contributed by atoms with Gasteiger partial charge in [-0.3, -0.25) is 14.4 Å². The minimum atomic E-state index is -0.845. The summed E-state index contributed by atoms with van der Waals surface area (Å²) >= 11 is 0. The largest absolute Gasteiger partial charge is 0.357 e. The third-order valence-corrected chi connectivity index (χ3v) is 7.90. The van der Waals surface area contributed by atoms with Crippen LogP contribution in [0.2, 0.25) is 0 Å². The predicted molar refractivity (Wildman–Crippen MR) is 175 cm³/mol. The summed E-state index contributed by atoms with van der Waals surface area (Å²) in [7, 11) is 4.85. The zero-order chi connectivity index (χ0) is 31.1. The van der Waals surface area contributed by atoms with Crippen LogP contribution in [0, 0.1) is 0 Å². The van der Waals surface area contributed by atoms with E-state index in [4.69, 9.17) is 5.73 Å². The molecule has 0 fully saturated rings. The molecule has 43 heavy (non-hydrogen) atoms. The van der Waals surface area contributed by atoms with Crippen molar-refractivity contribution in [3.05, 3.63) is 108 Å². The Labute approximate surface area is 254 Å². The second kappa shape index (κ2) is 13.7. The molecule has 0 radical (unpaired) electrons. The van der Waals surface area contributed by atoms with Crippen molar-refractivity contribution in [1.82, 2.24) is 15.1 Å². The Morgan fingerprint density at radius 1 is 0.814 bits per heavy atom. The Kier molecular flexibility index (Phi) is 9.99. The summed E-state index contributed by atoms with van der Waals surface area (Å²) in [5.74, 6) is -0.889. The molecule has 4 rings (SSSR count). The van der Waals surface area contributed by atoms with Gasteiger partial charge in [-0.05, 0) is 59.0 Å². The molecule has 0 unspecified atom stereocenters. The molecule has 7 nitrogen and oxygen atoms in total. The average molecular weight is 579 g/mol. The van der Waals surface area contributed by atoms with Crippen molar-refractivity contribution in [2.45, 2.75) is 50.7 Å². The van der Waals surface area contributed by atoms with Crippen LogP contribution in [-0.4, -0.2) is 66.3 Å². The number of fused-ring (bicyclic) bond motifs is 2. The monoisotopic (exact) mass is 578 g/mol. The minimum absolute atomic E-state index is 0.271. The lowest BCUT2D eigenvalue weighted by molar-refractivity contribution is -0.146. The summed E-state index contributed by atoms with van der Waals surface area (Å²) < 4.78 is 0. The zero-order valence-electron chi connectivity index (χ0n) is 25.7. The normalized spacial score (nSPS) is 13.2. The second-order valence-corrected chi connectivity index (χ2v) is 11.9. The van der Waals surface area contributed by atoms with E-state index >= 15 is 0 Å². The van der Waals surface area contributed by atoms with Crippen LogP contribution in [0.4, 0.5) is 0 Å². The first-order valence-corrected chi connectivity index (χ1v) is 14.6. The SMILES string of the molecule is CNC(=O)[C@@H](Cc1ccc2ccccc2c1)N(C)C(=O)[C@@H](Cc1cccc2ccccc12)N(C)C(=O)/C=C/CC(C)(C)N. The summed E-state index contributed by atoms with van der Waals surface area (Å²) in [5, 5.41) is 6.97. The van der Waals surface area contributed by atoms with Gasteiger partial charge in [-0.15, -0.1) is 0 Å².